The van der Waals surface area contributed by atoms with Crippen LogP contribution in [-0.2, 0) is 0 Å². The molecule has 2 atom stereocenters. The summed E-state index contributed by atoms with van der Waals surface area (Å²) >= 11 is 5.92. The van der Waals surface area contributed by atoms with Crippen LogP contribution in [0.3, 0.4) is 0 Å². The quantitative estimate of drug-likeness (QED) is 0.849. The van der Waals surface area contributed by atoms with Gasteiger partial charge in [0.25, 0.3) is 0 Å². The van der Waals surface area contributed by atoms with Crippen LogP contribution >= 0.6 is 11.6 Å². The molecule has 0 aliphatic heterocycles. The Morgan fingerprint density at radius 2 is 2.12 bits per heavy atom. The van der Waals surface area contributed by atoms with Crippen LogP contribution in [0.1, 0.15) is 31.2 Å². The van der Waals surface area contributed by atoms with Crippen LogP contribution in [0.5, 0.6) is 0 Å². The maximum Gasteiger partial charge on any atom is 0.101 e. The third-order valence-corrected chi connectivity index (χ3v) is 3.41. The van der Waals surface area contributed by atoms with Gasteiger partial charge in [0.2, 0.25) is 0 Å². The van der Waals surface area contributed by atoms with E-state index in [2.05, 4.69) is 11.4 Å². The van der Waals surface area contributed by atoms with E-state index in [1.165, 1.54) is 0 Å². The Bertz CT molecular complexity index is 442. The summed E-state index contributed by atoms with van der Waals surface area (Å²) in [7, 11) is 0. The van der Waals surface area contributed by atoms with E-state index in [9.17, 15) is 5.11 Å². The maximum atomic E-state index is 9.88. The summed E-state index contributed by atoms with van der Waals surface area (Å²) in [6, 6.07) is 7.28. The SMILES string of the molecule is N#Cc1ccc(Cl)cc1NC1CCCCC1O. The summed E-state index contributed by atoms with van der Waals surface area (Å²) in [5, 5.41) is 22.7. The lowest BCUT2D eigenvalue weighted by Crippen LogP contribution is -2.36. The van der Waals surface area contributed by atoms with Gasteiger partial charge in [0.05, 0.1) is 23.4 Å². The van der Waals surface area contributed by atoms with Gasteiger partial charge < -0.3 is 10.4 Å². The molecule has 4 heteroatoms. The normalized spacial score (nSPS) is 24.1. The Hall–Kier alpha value is -1.24. The topological polar surface area (TPSA) is 56.0 Å². The van der Waals surface area contributed by atoms with Gasteiger partial charge in [0.15, 0.2) is 0 Å². The summed E-state index contributed by atoms with van der Waals surface area (Å²) in [6.45, 7) is 0. The van der Waals surface area contributed by atoms with Crippen molar-refractivity contribution < 1.29 is 5.11 Å². The van der Waals surface area contributed by atoms with Gasteiger partial charge in [-0.1, -0.05) is 24.4 Å². The van der Waals surface area contributed by atoms with Gasteiger partial charge in [-0.15, -0.1) is 0 Å². The maximum absolute atomic E-state index is 9.88. The van der Waals surface area contributed by atoms with E-state index in [0.29, 0.717) is 16.3 Å². The van der Waals surface area contributed by atoms with Gasteiger partial charge in [-0.05, 0) is 31.0 Å². The molecule has 1 aromatic carbocycles. The first-order chi connectivity index (χ1) is 8.20. The summed E-state index contributed by atoms with van der Waals surface area (Å²) < 4.78 is 0. The number of nitriles is 1. The summed E-state index contributed by atoms with van der Waals surface area (Å²) in [6.07, 6.45) is 3.59. The molecule has 0 amide bonds. The van der Waals surface area contributed by atoms with Gasteiger partial charge in [-0.3, -0.25) is 0 Å². The number of halogens is 1. The minimum atomic E-state index is -0.339. The molecular weight excluding hydrogens is 236 g/mol. The highest BCUT2D eigenvalue weighted by Crippen LogP contribution is 2.26. The molecule has 0 spiro atoms. The molecule has 1 saturated carbocycles. The van der Waals surface area contributed by atoms with E-state index in [0.717, 1.165) is 25.7 Å². The largest absolute Gasteiger partial charge is 0.391 e. The van der Waals surface area contributed by atoms with Crippen LogP contribution in [0.4, 0.5) is 5.69 Å². The molecular formula is C13H15ClN2O. The smallest absolute Gasteiger partial charge is 0.101 e. The van der Waals surface area contributed by atoms with Crippen molar-refractivity contribution in [3.05, 3.63) is 28.8 Å². The lowest BCUT2D eigenvalue weighted by atomic mass is 9.92. The average molecular weight is 251 g/mol. The van der Waals surface area contributed by atoms with Gasteiger partial charge in [-0.2, -0.15) is 5.26 Å². The van der Waals surface area contributed by atoms with Gasteiger partial charge in [0, 0.05) is 5.02 Å². The van der Waals surface area contributed by atoms with Crippen LogP contribution in [0.15, 0.2) is 18.2 Å². The zero-order valence-electron chi connectivity index (χ0n) is 9.49. The number of aliphatic hydroxyl groups is 1. The van der Waals surface area contributed by atoms with Crippen molar-refractivity contribution in [3.8, 4) is 6.07 Å². The number of aliphatic hydroxyl groups excluding tert-OH is 1. The number of hydrogen-bond donors (Lipinski definition) is 2. The first-order valence-electron chi connectivity index (χ1n) is 5.85. The zero-order valence-corrected chi connectivity index (χ0v) is 10.2. The minimum absolute atomic E-state index is 0.0225. The van der Waals surface area contributed by atoms with Gasteiger partial charge >= 0.3 is 0 Å². The van der Waals surface area contributed by atoms with E-state index in [1.54, 1.807) is 18.2 Å². The molecule has 0 saturated heterocycles. The fourth-order valence-corrected chi connectivity index (χ4v) is 2.38. The van der Waals surface area contributed by atoms with Crippen LogP contribution in [-0.4, -0.2) is 17.3 Å². The molecule has 3 nitrogen and oxygen atoms in total. The first-order valence-corrected chi connectivity index (χ1v) is 6.23. The molecule has 90 valence electrons. The van der Waals surface area contributed by atoms with Crippen LogP contribution in [0, 0.1) is 11.3 Å². The van der Waals surface area contributed by atoms with Crippen molar-refractivity contribution in [2.24, 2.45) is 0 Å². The van der Waals surface area contributed by atoms with Crippen molar-refractivity contribution in [2.45, 2.75) is 37.8 Å². The summed E-state index contributed by atoms with van der Waals surface area (Å²) in [4.78, 5) is 0. The third kappa shape index (κ3) is 2.91. The zero-order chi connectivity index (χ0) is 12.3. The van der Waals surface area contributed by atoms with E-state index >= 15 is 0 Å². The molecule has 1 fully saturated rings. The molecule has 1 aromatic rings. The molecule has 2 rings (SSSR count). The van der Waals surface area contributed by atoms with Crippen molar-refractivity contribution in [2.75, 3.05) is 5.32 Å². The monoisotopic (exact) mass is 250 g/mol. The van der Waals surface area contributed by atoms with E-state index in [1.807, 2.05) is 0 Å². The number of nitrogens with zero attached hydrogens (tertiary/aromatic N) is 1. The molecule has 0 heterocycles. The molecule has 1 aliphatic carbocycles. The molecule has 17 heavy (non-hydrogen) atoms. The predicted molar refractivity (Wildman–Crippen MR) is 68.1 cm³/mol. The molecule has 2 N–H and O–H groups in total. The average Bonchev–Trinajstić information content (AvgIpc) is 2.32. The van der Waals surface area contributed by atoms with Crippen molar-refractivity contribution in [1.82, 2.24) is 0 Å². The van der Waals surface area contributed by atoms with Gasteiger partial charge in [-0.25, -0.2) is 0 Å². The van der Waals surface area contributed by atoms with Crippen molar-refractivity contribution in [1.29, 1.82) is 5.26 Å². The minimum Gasteiger partial charge on any atom is -0.391 e. The second kappa shape index (κ2) is 5.39. The van der Waals surface area contributed by atoms with E-state index in [-0.39, 0.29) is 12.1 Å². The number of hydrogen-bond acceptors (Lipinski definition) is 3. The van der Waals surface area contributed by atoms with E-state index < -0.39 is 0 Å². The predicted octanol–water partition coefficient (Wildman–Crippen LogP) is 2.93. The Balaban J connectivity index is 2.17. The highest BCUT2D eigenvalue weighted by molar-refractivity contribution is 6.30. The molecule has 0 aromatic heterocycles. The second-order valence-electron chi connectivity index (χ2n) is 4.40. The first kappa shape index (κ1) is 12.2. The van der Waals surface area contributed by atoms with Crippen LogP contribution in [0.25, 0.3) is 0 Å². The summed E-state index contributed by atoms with van der Waals surface area (Å²) in [5.41, 5.74) is 1.28. The fourth-order valence-electron chi connectivity index (χ4n) is 2.21. The van der Waals surface area contributed by atoms with Crippen LogP contribution in [0.2, 0.25) is 5.02 Å². The molecule has 0 bridgehead atoms. The Morgan fingerprint density at radius 3 is 2.82 bits per heavy atom. The number of nitrogens with one attached hydrogen (secondary N) is 1. The Labute approximate surface area is 106 Å². The lowest BCUT2D eigenvalue weighted by molar-refractivity contribution is 0.116. The third-order valence-electron chi connectivity index (χ3n) is 3.17. The fraction of sp³-hybridized carbons (Fsp3) is 0.462. The Kier molecular flexibility index (Phi) is 3.88. The Morgan fingerprint density at radius 1 is 1.35 bits per heavy atom. The standard InChI is InChI=1S/C13H15ClN2O/c14-10-6-5-9(8-15)12(7-10)16-11-3-1-2-4-13(11)17/h5-7,11,13,16-17H,1-4H2. The van der Waals surface area contributed by atoms with Crippen LogP contribution < -0.4 is 5.32 Å². The summed E-state index contributed by atoms with van der Waals surface area (Å²) in [5.74, 6) is 0. The molecule has 1 aliphatic rings. The number of anilines is 1. The highest BCUT2D eigenvalue weighted by Gasteiger charge is 2.23. The number of rotatable bonds is 2. The van der Waals surface area contributed by atoms with E-state index in [4.69, 9.17) is 16.9 Å². The van der Waals surface area contributed by atoms with Gasteiger partial charge in [0.1, 0.15) is 6.07 Å². The lowest BCUT2D eigenvalue weighted by Gasteiger charge is -2.29. The number of benzene rings is 1. The molecule has 2 unspecified atom stereocenters. The molecule has 0 radical (unpaired) electrons. The van der Waals surface area contributed by atoms with Crippen molar-refractivity contribution in [3.63, 3.8) is 0 Å². The van der Waals surface area contributed by atoms with Crippen molar-refractivity contribution >= 4 is 17.3 Å². The second-order valence-corrected chi connectivity index (χ2v) is 4.84. The highest BCUT2D eigenvalue weighted by atomic mass is 35.5.